The number of fused-ring (bicyclic) bond motifs is 2. The zero-order chi connectivity index (χ0) is 19.8. The Labute approximate surface area is 165 Å². The van der Waals surface area contributed by atoms with Gasteiger partial charge in [-0.3, -0.25) is 4.98 Å². The molecule has 0 spiro atoms. The highest BCUT2D eigenvalue weighted by Gasteiger charge is 2.28. The van der Waals surface area contributed by atoms with E-state index in [1.165, 1.54) is 5.69 Å². The predicted molar refractivity (Wildman–Crippen MR) is 110 cm³/mol. The highest BCUT2D eigenvalue weighted by atomic mass is 16.5. The summed E-state index contributed by atoms with van der Waals surface area (Å²) in [5.74, 6) is 1.16. The van der Waals surface area contributed by atoms with Gasteiger partial charge in [0.15, 0.2) is 0 Å². The second-order valence-electron chi connectivity index (χ2n) is 7.51. The van der Waals surface area contributed by atoms with Crippen molar-refractivity contribution in [3.05, 3.63) is 53.2 Å². The number of carbonyl (C=O) groups is 1. The number of hydrogen-bond acceptors (Lipinski definition) is 5. The van der Waals surface area contributed by atoms with Crippen molar-refractivity contribution >= 4 is 22.6 Å². The smallest absolute Gasteiger partial charge is 0.341 e. The van der Waals surface area contributed by atoms with Crippen molar-refractivity contribution in [3.8, 4) is 0 Å². The maximum absolute atomic E-state index is 12.6. The minimum atomic E-state index is -0.328. The van der Waals surface area contributed by atoms with E-state index in [9.17, 15) is 4.79 Å². The van der Waals surface area contributed by atoms with Crippen molar-refractivity contribution in [2.24, 2.45) is 7.05 Å². The predicted octanol–water partition coefficient (Wildman–Crippen LogP) is 3.83. The van der Waals surface area contributed by atoms with Crippen LogP contribution in [0, 0.1) is 0 Å². The maximum Gasteiger partial charge on any atom is 0.341 e. The molecule has 6 heteroatoms. The summed E-state index contributed by atoms with van der Waals surface area (Å²) in [5, 5.41) is 0.969. The largest absolute Gasteiger partial charge is 0.462 e. The molecule has 28 heavy (non-hydrogen) atoms. The van der Waals surface area contributed by atoms with Crippen LogP contribution >= 0.6 is 0 Å². The first-order valence-corrected chi connectivity index (χ1v) is 9.85. The summed E-state index contributed by atoms with van der Waals surface area (Å²) < 4.78 is 7.54. The fraction of sp³-hybridized carbons (Fsp3) is 0.409. The molecule has 0 aliphatic carbocycles. The van der Waals surface area contributed by atoms with Crippen LogP contribution in [0.2, 0.25) is 0 Å². The van der Waals surface area contributed by atoms with E-state index in [4.69, 9.17) is 9.72 Å². The molecule has 0 saturated carbocycles. The van der Waals surface area contributed by atoms with Gasteiger partial charge in [-0.1, -0.05) is 32.0 Å². The van der Waals surface area contributed by atoms with Crippen molar-refractivity contribution in [2.45, 2.75) is 39.7 Å². The van der Waals surface area contributed by atoms with Gasteiger partial charge in [-0.25, -0.2) is 9.78 Å². The first kappa shape index (κ1) is 18.5. The summed E-state index contributed by atoms with van der Waals surface area (Å²) >= 11 is 0. The number of ether oxygens (including phenoxy) is 1. The summed E-state index contributed by atoms with van der Waals surface area (Å²) in [6, 6.07) is 7.94. The Balaban J connectivity index is 1.81. The van der Waals surface area contributed by atoms with Crippen LogP contribution in [-0.2, 0) is 24.8 Å². The summed E-state index contributed by atoms with van der Waals surface area (Å²) in [4.78, 5) is 24.3. The molecule has 0 fully saturated rings. The number of pyridine rings is 1. The molecular weight excluding hydrogens is 352 g/mol. The average molecular weight is 378 g/mol. The Morgan fingerprint density at radius 3 is 2.82 bits per heavy atom. The maximum atomic E-state index is 12.6. The van der Waals surface area contributed by atoms with Gasteiger partial charge in [-0.2, -0.15) is 0 Å². The molecule has 0 unspecified atom stereocenters. The average Bonchev–Trinajstić information content (AvgIpc) is 3.03. The minimum absolute atomic E-state index is 0.328. The van der Waals surface area contributed by atoms with Crippen LogP contribution in [0.15, 0.2) is 30.5 Å². The second kappa shape index (κ2) is 7.26. The van der Waals surface area contributed by atoms with Gasteiger partial charge in [-0.05, 0) is 13.0 Å². The van der Waals surface area contributed by atoms with E-state index in [2.05, 4.69) is 35.3 Å². The first-order chi connectivity index (χ1) is 13.5. The standard InChI is InChI=1S/C22H26N4O2/c1-5-28-22(27)16-12-23-17-9-7-6-8-15(17)20(16)26-11-10-19-18(13-26)24-21(14(2)3)25(19)4/h6-9,12,14H,5,10-11,13H2,1-4H3. The van der Waals surface area contributed by atoms with Gasteiger partial charge in [0, 0.05) is 43.2 Å². The molecular formula is C22H26N4O2. The monoisotopic (exact) mass is 378 g/mol. The van der Waals surface area contributed by atoms with E-state index in [1.54, 1.807) is 6.20 Å². The number of nitrogens with zero attached hydrogens (tertiary/aromatic N) is 4. The van der Waals surface area contributed by atoms with Crippen molar-refractivity contribution < 1.29 is 9.53 Å². The molecule has 0 amide bonds. The Kier molecular flexibility index (Phi) is 4.79. The molecule has 1 aliphatic rings. The Morgan fingerprint density at radius 2 is 2.07 bits per heavy atom. The van der Waals surface area contributed by atoms with Gasteiger partial charge in [0.2, 0.25) is 0 Å². The number of anilines is 1. The fourth-order valence-electron chi connectivity index (χ4n) is 4.08. The van der Waals surface area contributed by atoms with E-state index < -0.39 is 0 Å². The lowest BCUT2D eigenvalue weighted by Gasteiger charge is -2.31. The van der Waals surface area contributed by atoms with Gasteiger partial charge in [0.25, 0.3) is 0 Å². The van der Waals surface area contributed by atoms with Gasteiger partial charge >= 0.3 is 5.97 Å². The van der Waals surface area contributed by atoms with E-state index in [0.717, 1.165) is 41.1 Å². The van der Waals surface area contributed by atoms with Gasteiger partial charge in [-0.15, -0.1) is 0 Å². The Bertz CT molecular complexity index is 1040. The molecule has 146 valence electrons. The molecule has 0 saturated heterocycles. The number of carbonyl (C=O) groups excluding carboxylic acids is 1. The summed E-state index contributed by atoms with van der Waals surface area (Å²) in [6.45, 7) is 8.00. The molecule has 4 rings (SSSR count). The Morgan fingerprint density at radius 1 is 1.29 bits per heavy atom. The highest BCUT2D eigenvalue weighted by molar-refractivity contribution is 6.05. The molecule has 3 heterocycles. The lowest BCUT2D eigenvalue weighted by atomic mass is 10.0. The van der Waals surface area contributed by atoms with E-state index in [0.29, 0.717) is 24.6 Å². The van der Waals surface area contributed by atoms with E-state index in [1.807, 2.05) is 31.2 Å². The number of hydrogen-bond donors (Lipinski definition) is 0. The van der Waals surface area contributed by atoms with E-state index >= 15 is 0 Å². The highest BCUT2D eigenvalue weighted by Crippen LogP contribution is 2.34. The lowest BCUT2D eigenvalue weighted by Crippen LogP contribution is -2.32. The van der Waals surface area contributed by atoms with Crippen molar-refractivity contribution in [1.29, 1.82) is 0 Å². The summed E-state index contributed by atoms with van der Waals surface area (Å²) in [6.07, 6.45) is 2.54. The molecule has 0 radical (unpaired) electrons. The zero-order valence-corrected chi connectivity index (χ0v) is 16.9. The summed E-state index contributed by atoms with van der Waals surface area (Å²) in [5.41, 5.74) is 4.67. The normalized spacial score (nSPS) is 13.8. The molecule has 0 bridgehead atoms. The molecule has 2 aromatic heterocycles. The molecule has 0 atom stereocenters. The number of benzene rings is 1. The van der Waals surface area contributed by atoms with Gasteiger partial charge < -0.3 is 14.2 Å². The topological polar surface area (TPSA) is 60.2 Å². The van der Waals surface area contributed by atoms with Crippen molar-refractivity contribution in [1.82, 2.24) is 14.5 Å². The number of esters is 1. The molecule has 6 nitrogen and oxygen atoms in total. The quantitative estimate of drug-likeness (QED) is 0.646. The number of aromatic nitrogens is 3. The SMILES string of the molecule is CCOC(=O)c1cnc2ccccc2c1N1CCc2c(nc(C(C)C)n2C)C1. The van der Waals surface area contributed by atoms with Crippen molar-refractivity contribution in [3.63, 3.8) is 0 Å². The van der Waals surface area contributed by atoms with Crippen LogP contribution in [0.1, 0.15) is 54.3 Å². The van der Waals surface area contributed by atoms with Gasteiger partial charge in [0.1, 0.15) is 11.4 Å². The van der Waals surface area contributed by atoms with Crippen LogP contribution in [0.4, 0.5) is 5.69 Å². The first-order valence-electron chi connectivity index (χ1n) is 9.85. The molecule has 1 aliphatic heterocycles. The third-order valence-corrected chi connectivity index (χ3v) is 5.37. The van der Waals surface area contributed by atoms with Gasteiger partial charge in [0.05, 0.1) is 30.0 Å². The van der Waals surface area contributed by atoms with Crippen LogP contribution < -0.4 is 4.90 Å². The third kappa shape index (κ3) is 3.03. The third-order valence-electron chi connectivity index (χ3n) is 5.37. The number of imidazole rings is 1. The lowest BCUT2D eigenvalue weighted by molar-refractivity contribution is 0.0526. The van der Waals surface area contributed by atoms with Crippen LogP contribution in [0.3, 0.4) is 0 Å². The summed E-state index contributed by atoms with van der Waals surface area (Å²) in [7, 11) is 2.10. The minimum Gasteiger partial charge on any atom is -0.462 e. The fourth-order valence-corrected chi connectivity index (χ4v) is 4.08. The van der Waals surface area contributed by atoms with Crippen LogP contribution in [-0.4, -0.2) is 33.7 Å². The zero-order valence-electron chi connectivity index (χ0n) is 16.9. The second-order valence-corrected chi connectivity index (χ2v) is 7.51. The molecule has 0 N–H and O–H groups in total. The molecule has 1 aromatic carbocycles. The van der Waals surface area contributed by atoms with Crippen LogP contribution in [0.5, 0.6) is 0 Å². The molecule has 3 aromatic rings. The van der Waals surface area contributed by atoms with E-state index in [-0.39, 0.29) is 5.97 Å². The number of rotatable bonds is 4. The Hall–Kier alpha value is -2.89. The number of para-hydroxylation sites is 1. The van der Waals surface area contributed by atoms with Crippen molar-refractivity contribution in [2.75, 3.05) is 18.1 Å². The van der Waals surface area contributed by atoms with Crippen LogP contribution in [0.25, 0.3) is 10.9 Å².